The van der Waals surface area contributed by atoms with Gasteiger partial charge in [0.15, 0.2) is 11.5 Å². The Morgan fingerprint density at radius 1 is 1.13 bits per heavy atom. The van der Waals surface area contributed by atoms with E-state index in [1.807, 2.05) is 12.3 Å². The van der Waals surface area contributed by atoms with Gasteiger partial charge in [-0.25, -0.2) is 9.50 Å². The second-order valence-electron chi connectivity index (χ2n) is 6.86. The number of carbonyl (C=O) groups excluding carboxylic acids is 1. The maximum atomic E-state index is 12.4. The van der Waals surface area contributed by atoms with Crippen LogP contribution < -0.4 is 14.8 Å². The lowest BCUT2D eigenvalue weighted by molar-refractivity contribution is -0.113. The number of nitrogens with zero attached hydrogens (tertiary/aromatic N) is 3. The van der Waals surface area contributed by atoms with Crippen LogP contribution in [0.25, 0.3) is 16.8 Å². The monoisotopic (exact) mass is 418 g/mol. The maximum absolute atomic E-state index is 12.4. The van der Waals surface area contributed by atoms with Crippen molar-refractivity contribution in [1.29, 1.82) is 0 Å². The van der Waals surface area contributed by atoms with E-state index in [2.05, 4.69) is 46.6 Å². The van der Waals surface area contributed by atoms with E-state index in [-0.39, 0.29) is 18.5 Å². The van der Waals surface area contributed by atoms with Crippen LogP contribution in [0.2, 0.25) is 0 Å². The van der Waals surface area contributed by atoms with E-state index in [4.69, 9.17) is 9.47 Å². The van der Waals surface area contributed by atoms with Crippen molar-refractivity contribution in [1.82, 2.24) is 14.6 Å². The molecule has 0 saturated carbocycles. The third-order valence-corrected chi connectivity index (χ3v) is 5.69. The molecule has 0 aliphatic carbocycles. The predicted octanol–water partition coefficient (Wildman–Crippen LogP) is 4.16. The van der Waals surface area contributed by atoms with Crippen LogP contribution in [0.1, 0.15) is 5.56 Å². The van der Waals surface area contributed by atoms with E-state index in [1.165, 1.54) is 17.3 Å². The molecular weight excluding hydrogens is 400 g/mol. The van der Waals surface area contributed by atoms with Crippen LogP contribution in [-0.4, -0.2) is 33.1 Å². The van der Waals surface area contributed by atoms with Crippen LogP contribution in [0.15, 0.2) is 66.0 Å². The Morgan fingerprint density at radius 3 is 2.83 bits per heavy atom. The second-order valence-corrected chi connectivity index (χ2v) is 7.83. The molecule has 4 aromatic rings. The van der Waals surface area contributed by atoms with Gasteiger partial charge in [-0.2, -0.15) is 5.10 Å². The molecule has 0 saturated heterocycles. The van der Waals surface area contributed by atoms with Gasteiger partial charge in [0, 0.05) is 29.7 Å². The van der Waals surface area contributed by atoms with E-state index >= 15 is 0 Å². The van der Waals surface area contributed by atoms with E-state index in [1.54, 1.807) is 28.9 Å². The van der Waals surface area contributed by atoms with Crippen LogP contribution in [0.3, 0.4) is 0 Å². The molecule has 0 fully saturated rings. The molecular formula is C22H18N4O3S. The summed E-state index contributed by atoms with van der Waals surface area (Å²) in [5, 5.41) is 8.27. The zero-order valence-electron chi connectivity index (χ0n) is 16.2. The van der Waals surface area contributed by atoms with Crippen LogP contribution in [0, 0.1) is 6.92 Å². The first-order valence-corrected chi connectivity index (χ1v) is 10.4. The number of aryl methyl sites for hydroxylation is 1. The van der Waals surface area contributed by atoms with E-state index < -0.39 is 0 Å². The van der Waals surface area contributed by atoms with Crippen LogP contribution in [-0.2, 0) is 4.79 Å². The maximum Gasteiger partial charge on any atom is 0.234 e. The number of nitrogens with one attached hydrogen (secondary N) is 1. The number of anilines is 1. The predicted molar refractivity (Wildman–Crippen MR) is 115 cm³/mol. The number of carbonyl (C=O) groups is 1. The normalized spacial score (nSPS) is 12.3. The van der Waals surface area contributed by atoms with Gasteiger partial charge in [0.25, 0.3) is 0 Å². The number of fused-ring (bicyclic) bond motifs is 2. The third kappa shape index (κ3) is 3.69. The van der Waals surface area contributed by atoms with Gasteiger partial charge in [-0.15, -0.1) is 0 Å². The SMILES string of the molecule is Cc1ccc(-c2cc3c(SCC(=O)Nc4ccc5c(c4)OCO5)nccn3n2)cc1. The number of hydrogen-bond donors (Lipinski definition) is 1. The summed E-state index contributed by atoms with van der Waals surface area (Å²) in [5.74, 6) is 1.42. The number of ether oxygens (including phenoxy) is 2. The molecule has 0 radical (unpaired) electrons. The van der Waals surface area contributed by atoms with Crippen LogP contribution in [0.4, 0.5) is 5.69 Å². The van der Waals surface area contributed by atoms with Crippen molar-refractivity contribution in [2.24, 2.45) is 0 Å². The molecule has 1 aliphatic heterocycles. The highest BCUT2D eigenvalue weighted by atomic mass is 32.2. The first-order chi connectivity index (χ1) is 14.7. The zero-order chi connectivity index (χ0) is 20.5. The minimum absolute atomic E-state index is 0.124. The molecule has 7 nitrogen and oxygen atoms in total. The van der Waals surface area contributed by atoms with Crippen molar-refractivity contribution in [3.63, 3.8) is 0 Å². The molecule has 1 amide bonds. The number of amides is 1. The summed E-state index contributed by atoms with van der Waals surface area (Å²) < 4.78 is 12.4. The quantitative estimate of drug-likeness (QED) is 0.490. The summed E-state index contributed by atoms with van der Waals surface area (Å²) >= 11 is 1.37. The van der Waals surface area contributed by atoms with Crippen molar-refractivity contribution in [2.45, 2.75) is 11.9 Å². The molecule has 30 heavy (non-hydrogen) atoms. The van der Waals surface area contributed by atoms with Gasteiger partial charge in [-0.1, -0.05) is 41.6 Å². The average molecular weight is 418 g/mol. The minimum atomic E-state index is -0.124. The Labute approximate surface area is 177 Å². The molecule has 2 aromatic carbocycles. The van der Waals surface area contributed by atoms with Gasteiger partial charge in [0.1, 0.15) is 5.03 Å². The molecule has 0 unspecified atom stereocenters. The lowest BCUT2D eigenvalue weighted by atomic mass is 10.1. The highest BCUT2D eigenvalue weighted by Gasteiger charge is 2.15. The summed E-state index contributed by atoms with van der Waals surface area (Å²) in [6.07, 6.45) is 3.50. The lowest BCUT2D eigenvalue weighted by Crippen LogP contribution is -2.14. The highest BCUT2D eigenvalue weighted by molar-refractivity contribution is 8.00. The van der Waals surface area contributed by atoms with Crippen molar-refractivity contribution < 1.29 is 14.3 Å². The lowest BCUT2D eigenvalue weighted by Gasteiger charge is -2.06. The smallest absolute Gasteiger partial charge is 0.234 e. The first-order valence-electron chi connectivity index (χ1n) is 9.39. The molecule has 0 spiro atoms. The van der Waals surface area contributed by atoms with Gasteiger partial charge in [0.2, 0.25) is 12.7 Å². The molecule has 2 aromatic heterocycles. The fourth-order valence-corrected chi connectivity index (χ4v) is 3.96. The summed E-state index contributed by atoms with van der Waals surface area (Å²) in [5.41, 5.74) is 4.65. The average Bonchev–Trinajstić information content (AvgIpc) is 3.39. The highest BCUT2D eigenvalue weighted by Crippen LogP contribution is 2.34. The molecule has 5 rings (SSSR count). The number of thioether (sulfide) groups is 1. The van der Waals surface area contributed by atoms with Crippen LogP contribution in [0.5, 0.6) is 11.5 Å². The fraction of sp³-hybridized carbons (Fsp3) is 0.136. The first kappa shape index (κ1) is 18.5. The Balaban J connectivity index is 1.30. The summed E-state index contributed by atoms with van der Waals surface area (Å²) in [4.78, 5) is 16.9. The number of rotatable bonds is 5. The Morgan fingerprint density at radius 2 is 1.97 bits per heavy atom. The van der Waals surface area contributed by atoms with Crippen molar-refractivity contribution in [3.05, 3.63) is 66.5 Å². The van der Waals surface area contributed by atoms with E-state index in [0.29, 0.717) is 17.2 Å². The molecule has 150 valence electrons. The molecule has 1 aliphatic rings. The molecule has 1 N–H and O–H groups in total. The van der Waals surface area contributed by atoms with Gasteiger partial charge in [-0.05, 0) is 25.1 Å². The van der Waals surface area contributed by atoms with E-state index in [9.17, 15) is 4.79 Å². The largest absolute Gasteiger partial charge is 0.454 e. The molecule has 0 atom stereocenters. The molecule has 0 bridgehead atoms. The van der Waals surface area contributed by atoms with Crippen LogP contribution >= 0.6 is 11.8 Å². The molecule has 3 heterocycles. The number of hydrogen-bond acceptors (Lipinski definition) is 6. The summed E-state index contributed by atoms with van der Waals surface area (Å²) in [7, 11) is 0. The van der Waals surface area contributed by atoms with Gasteiger partial charge in [0.05, 0.1) is 17.0 Å². The Bertz CT molecular complexity index is 1240. The van der Waals surface area contributed by atoms with Gasteiger partial charge >= 0.3 is 0 Å². The summed E-state index contributed by atoms with van der Waals surface area (Å²) in [6.45, 7) is 2.26. The van der Waals surface area contributed by atoms with Crippen molar-refractivity contribution in [2.75, 3.05) is 17.9 Å². The summed E-state index contributed by atoms with van der Waals surface area (Å²) in [6, 6.07) is 15.6. The van der Waals surface area contributed by atoms with Crippen molar-refractivity contribution >= 4 is 28.9 Å². The third-order valence-electron chi connectivity index (χ3n) is 4.70. The number of benzene rings is 2. The minimum Gasteiger partial charge on any atom is -0.454 e. The number of aromatic nitrogens is 3. The Hall–Kier alpha value is -3.52. The van der Waals surface area contributed by atoms with Gasteiger partial charge < -0.3 is 14.8 Å². The zero-order valence-corrected chi connectivity index (χ0v) is 17.0. The van der Waals surface area contributed by atoms with Gasteiger partial charge in [-0.3, -0.25) is 4.79 Å². The molecule has 8 heteroatoms. The van der Waals surface area contributed by atoms with Crippen molar-refractivity contribution in [3.8, 4) is 22.8 Å². The fourth-order valence-electron chi connectivity index (χ4n) is 3.18. The van der Waals surface area contributed by atoms with E-state index in [0.717, 1.165) is 21.8 Å². The standard InChI is InChI=1S/C22H18N4O3S/c1-14-2-4-15(5-3-14)17-11-18-22(23-8-9-26(18)25-17)30-12-21(27)24-16-6-7-19-20(10-16)29-13-28-19/h2-11H,12-13H2,1H3,(H,24,27). The second kappa shape index (κ2) is 7.72. The topological polar surface area (TPSA) is 77.8 Å². The Kier molecular flexibility index (Phi) is 4.76.